The Kier molecular flexibility index (Phi) is 5.66. The number of carbonyl (C=O) groups is 1. The Balaban J connectivity index is 1.72. The molecule has 1 aromatic carbocycles. The molecule has 172 valence electrons. The summed E-state index contributed by atoms with van der Waals surface area (Å²) in [5.41, 5.74) is 5.11. The molecule has 2 aliphatic rings. The van der Waals surface area contributed by atoms with Gasteiger partial charge in [-0.25, -0.2) is 4.39 Å². The summed E-state index contributed by atoms with van der Waals surface area (Å²) in [6, 6.07) is 6.63. The van der Waals surface area contributed by atoms with E-state index in [0.717, 1.165) is 48.4 Å². The van der Waals surface area contributed by atoms with E-state index in [1.807, 2.05) is 6.07 Å². The van der Waals surface area contributed by atoms with Gasteiger partial charge in [0.1, 0.15) is 0 Å². The number of methoxy groups -OCH3 is 1. The lowest BCUT2D eigenvalue weighted by atomic mass is 9.89. The van der Waals surface area contributed by atoms with Crippen LogP contribution in [0.25, 0.3) is 11.3 Å². The van der Waals surface area contributed by atoms with Crippen molar-refractivity contribution in [3.8, 4) is 17.0 Å². The highest BCUT2D eigenvalue weighted by Gasteiger charge is 2.34. The van der Waals surface area contributed by atoms with Crippen molar-refractivity contribution in [1.82, 2.24) is 15.3 Å². The summed E-state index contributed by atoms with van der Waals surface area (Å²) >= 11 is 0. The number of amides is 1. The van der Waals surface area contributed by atoms with Crippen LogP contribution in [0.5, 0.6) is 5.75 Å². The first kappa shape index (κ1) is 21.3. The van der Waals surface area contributed by atoms with Crippen LogP contribution >= 0.6 is 0 Å². The largest absolute Gasteiger partial charge is 0.492 e. The molecule has 1 amide bonds. The lowest BCUT2D eigenvalue weighted by Gasteiger charge is -2.25. The van der Waals surface area contributed by atoms with Crippen LogP contribution < -0.4 is 20.7 Å². The third-order valence-electron chi connectivity index (χ3n) is 6.66. The standard InChI is InChI=1S/C25H28FN5O2/c1-14-6-7-15-12-29-25(32)20-21(15)31-22(16-9-10-27-13-19(16)28-11-8-14)23(20)30-18-5-3-4-17(26)24(18)33-2/h3-5,9-10,13-15,28,30-31H,6-8,11-12H2,1-2H3,(H,29,32)/t14?,15-/m0/s1. The van der Waals surface area contributed by atoms with Gasteiger partial charge in [-0.3, -0.25) is 9.78 Å². The molecule has 4 heterocycles. The molecule has 0 saturated heterocycles. The summed E-state index contributed by atoms with van der Waals surface area (Å²) in [5.74, 6) is 0.226. The van der Waals surface area contributed by atoms with Crippen LogP contribution in [-0.2, 0) is 0 Å². The second-order valence-electron chi connectivity index (χ2n) is 8.84. The van der Waals surface area contributed by atoms with Crippen molar-refractivity contribution in [3.05, 3.63) is 53.7 Å². The summed E-state index contributed by atoms with van der Waals surface area (Å²) < 4.78 is 19.7. The molecule has 2 bridgehead atoms. The highest BCUT2D eigenvalue weighted by atomic mass is 19.1. The number of hydrogen-bond donors (Lipinski definition) is 4. The van der Waals surface area contributed by atoms with E-state index >= 15 is 0 Å². The van der Waals surface area contributed by atoms with Crippen molar-refractivity contribution in [2.75, 3.05) is 30.8 Å². The van der Waals surface area contributed by atoms with E-state index < -0.39 is 5.82 Å². The monoisotopic (exact) mass is 449 g/mol. The molecule has 0 saturated carbocycles. The van der Waals surface area contributed by atoms with E-state index in [2.05, 4.69) is 32.8 Å². The number of aromatic amines is 1. The molecule has 4 N–H and O–H groups in total. The first-order valence-electron chi connectivity index (χ1n) is 11.4. The third kappa shape index (κ3) is 3.90. The Morgan fingerprint density at radius 2 is 2.06 bits per heavy atom. The summed E-state index contributed by atoms with van der Waals surface area (Å²) in [6.45, 7) is 3.70. The van der Waals surface area contributed by atoms with Gasteiger partial charge in [-0.05, 0) is 43.4 Å². The molecule has 0 aliphatic carbocycles. The van der Waals surface area contributed by atoms with Crippen molar-refractivity contribution >= 4 is 23.0 Å². The lowest BCUT2D eigenvalue weighted by Crippen LogP contribution is -2.35. The van der Waals surface area contributed by atoms with Crippen molar-refractivity contribution in [2.24, 2.45) is 5.92 Å². The van der Waals surface area contributed by atoms with Gasteiger partial charge in [0.15, 0.2) is 11.6 Å². The minimum Gasteiger partial charge on any atom is -0.492 e. The number of carbonyl (C=O) groups excluding carboxylic acids is 1. The fourth-order valence-corrected chi connectivity index (χ4v) is 4.83. The second-order valence-corrected chi connectivity index (χ2v) is 8.84. The van der Waals surface area contributed by atoms with Crippen LogP contribution in [-0.4, -0.2) is 36.1 Å². The zero-order valence-corrected chi connectivity index (χ0v) is 18.8. The second kappa shape index (κ2) is 8.77. The number of para-hydroxylation sites is 1. The van der Waals surface area contributed by atoms with Crippen LogP contribution in [0, 0.1) is 11.7 Å². The lowest BCUT2D eigenvalue weighted by molar-refractivity contribution is 0.0939. The summed E-state index contributed by atoms with van der Waals surface area (Å²) in [5, 5.41) is 9.89. The Morgan fingerprint density at radius 1 is 1.18 bits per heavy atom. The predicted molar refractivity (Wildman–Crippen MR) is 127 cm³/mol. The summed E-state index contributed by atoms with van der Waals surface area (Å²) in [4.78, 5) is 21.0. The number of H-pyrrole nitrogens is 1. The highest BCUT2D eigenvalue weighted by Crippen LogP contribution is 2.44. The number of fused-ring (bicyclic) bond motifs is 3. The SMILES string of the molecule is COc1c(F)cccc1Nc1c2[nH]c3c1C(=O)NC[C@@H]3CCC(C)CCNc1cnccc1-2. The maximum absolute atomic E-state index is 14.4. The molecular weight excluding hydrogens is 421 g/mol. The van der Waals surface area contributed by atoms with E-state index in [1.54, 1.807) is 24.5 Å². The molecule has 7 nitrogen and oxygen atoms in total. The van der Waals surface area contributed by atoms with Gasteiger partial charge in [0.05, 0.1) is 41.6 Å². The normalized spacial score (nSPS) is 19.9. The predicted octanol–water partition coefficient (Wildman–Crippen LogP) is 5.03. The number of hydrogen-bond acceptors (Lipinski definition) is 5. The molecule has 1 unspecified atom stereocenters. The fraction of sp³-hybridized carbons (Fsp3) is 0.360. The molecule has 2 atom stereocenters. The summed E-state index contributed by atoms with van der Waals surface area (Å²) in [7, 11) is 1.43. The average Bonchev–Trinajstić information content (AvgIpc) is 3.18. The number of halogens is 1. The molecule has 5 rings (SSSR count). The van der Waals surface area contributed by atoms with Gasteiger partial charge in [-0.15, -0.1) is 0 Å². The van der Waals surface area contributed by atoms with Crippen LogP contribution in [0.4, 0.5) is 21.5 Å². The molecule has 0 spiro atoms. The Morgan fingerprint density at radius 3 is 2.91 bits per heavy atom. The Bertz CT molecular complexity index is 1190. The zero-order chi connectivity index (χ0) is 22.9. The van der Waals surface area contributed by atoms with Gasteiger partial charge in [0.2, 0.25) is 0 Å². The minimum absolute atomic E-state index is 0.103. The van der Waals surface area contributed by atoms with Gasteiger partial charge >= 0.3 is 0 Å². The Labute approximate surface area is 192 Å². The quantitative estimate of drug-likeness (QED) is 0.450. The smallest absolute Gasteiger partial charge is 0.255 e. The van der Waals surface area contributed by atoms with Crippen molar-refractivity contribution < 1.29 is 13.9 Å². The number of aromatic nitrogens is 2. The van der Waals surface area contributed by atoms with Gasteiger partial charge < -0.3 is 25.7 Å². The van der Waals surface area contributed by atoms with Gasteiger partial charge in [-0.2, -0.15) is 0 Å². The van der Waals surface area contributed by atoms with E-state index in [4.69, 9.17) is 4.74 Å². The molecule has 3 aromatic rings. The Hall–Kier alpha value is -3.55. The molecule has 33 heavy (non-hydrogen) atoms. The molecule has 8 heteroatoms. The number of nitrogens with one attached hydrogen (secondary N) is 4. The van der Waals surface area contributed by atoms with Crippen LogP contribution in [0.3, 0.4) is 0 Å². The molecular formula is C25H28FN5O2. The van der Waals surface area contributed by atoms with Gasteiger partial charge in [0, 0.05) is 36.5 Å². The number of pyridine rings is 1. The van der Waals surface area contributed by atoms with E-state index in [9.17, 15) is 9.18 Å². The number of anilines is 3. The van der Waals surface area contributed by atoms with E-state index in [0.29, 0.717) is 29.4 Å². The van der Waals surface area contributed by atoms with Crippen LogP contribution in [0.15, 0.2) is 36.7 Å². The number of rotatable bonds is 3. The third-order valence-corrected chi connectivity index (χ3v) is 6.66. The molecule has 0 radical (unpaired) electrons. The summed E-state index contributed by atoms with van der Waals surface area (Å²) in [6.07, 6.45) is 6.63. The number of nitrogens with zero attached hydrogens (tertiary/aromatic N) is 1. The number of ether oxygens (including phenoxy) is 1. The van der Waals surface area contributed by atoms with Gasteiger partial charge in [-0.1, -0.05) is 13.0 Å². The minimum atomic E-state index is -0.470. The first-order valence-corrected chi connectivity index (χ1v) is 11.4. The molecule has 2 aliphatic heterocycles. The van der Waals surface area contributed by atoms with Gasteiger partial charge in [0.25, 0.3) is 5.91 Å². The molecule has 2 aromatic heterocycles. The molecule has 0 fully saturated rings. The zero-order valence-electron chi connectivity index (χ0n) is 18.8. The van der Waals surface area contributed by atoms with Crippen molar-refractivity contribution in [3.63, 3.8) is 0 Å². The maximum atomic E-state index is 14.4. The van der Waals surface area contributed by atoms with Crippen molar-refractivity contribution in [1.29, 1.82) is 0 Å². The van der Waals surface area contributed by atoms with Crippen molar-refractivity contribution in [2.45, 2.75) is 32.1 Å². The van der Waals surface area contributed by atoms with Crippen LogP contribution in [0.1, 0.15) is 48.2 Å². The van der Waals surface area contributed by atoms with E-state index in [1.165, 1.54) is 13.2 Å². The topological polar surface area (TPSA) is 91.1 Å². The number of benzene rings is 1. The maximum Gasteiger partial charge on any atom is 0.255 e. The van der Waals surface area contributed by atoms with E-state index in [-0.39, 0.29) is 17.6 Å². The average molecular weight is 450 g/mol. The first-order chi connectivity index (χ1) is 16.1. The fourth-order valence-electron chi connectivity index (χ4n) is 4.83. The highest BCUT2D eigenvalue weighted by molar-refractivity contribution is 6.07. The van der Waals surface area contributed by atoms with Crippen LogP contribution in [0.2, 0.25) is 0 Å².